The molecule has 0 radical (unpaired) electrons. The molecule has 0 aliphatic carbocycles. The van der Waals surface area contributed by atoms with Crippen molar-refractivity contribution >= 4 is 11.8 Å². The molecule has 0 aliphatic heterocycles. The molecule has 2 aromatic rings. The molecule has 0 saturated carbocycles. The van der Waals surface area contributed by atoms with E-state index in [2.05, 4.69) is 15.3 Å². The summed E-state index contributed by atoms with van der Waals surface area (Å²) in [6, 6.07) is 15.4. The van der Waals surface area contributed by atoms with Crippen LogP contribution in [0.3, 0.4) is 0 Å². The quantitative estimate of drug-likeness (QED) is 0.226. The molecule has 2 aromatic carbocycles. The van der Waals surface area contributed by atoms with E-state index in [1.54, 1.807) is 24.3 Å². The first-order valence-electron chi connectivity index (χ1n) is 12.3. The third kappa shape index (κ3) is 8.74. The standard InChI is InChI=1S/C27H37N5O3/c1-4-14-32(15-5-2)27(35)23-13-9-12-22(18-23)26(34)29-24(17-21-10-7-6-8-11-21)25(30-31-28)16-20(3)19-33/h6-13,18,20,24-25,33H,4-5,14-17,19H2,1-3H3,(H,29,34)/t20-,24+,25+/m1/s1. The molecule has 0 aromatic heterocycles. The Bertz CT molecular complexity index is 985. The molecule has 0 spiro atoms. The number of aliphatic hydroxyl groups is 1. The highest BCUT2D eigenvalue weighted by Gasteiger charge is 2.26. The van der Waals surface area contributed by atoms with Crippen LogP contribution in [0.5, 0.6) is 0 Å². The molecule has 0 aliphatic rings. The lowest BCUT2D eigenvalue weighted by atomic mass is 9.92. The largest absolute Gasteiger partial charge is 0.396 e. The van der Waals surface area contributed by atoms with Gasteiger partial charge in [0.1, 0.15) is 0 Å². The molecule has 0 heterocycles. The van der Waals surface area contributed by atoms with Crippen LogP contribution in [0.4, 0.5) is 0 Å². The first-order chi connectivity index (χ1) is 16.9. The molecule has 3 atom stereocenters. The van der Waals surface area contributed by atoms with Gasteiger partial charge in [-0.05, 0) is 60.9 Å². The van der Waals surface area contributed by atoms with E-state index in [0.29, 0.717) is 37.1 Å². The maximum atomic E-state index is 13.3. The van der Waals surface area contributed by atoms with E-state index in [1.807, 2.05) is 56.0 Å². The maximum Gasteiger partial charge on any atom is 0.253 e. The summed E-state index contributed by atoms with van der Waals surface area (Å²) >= 11 is 0. The van der Waals surface area contributed by atoms with Crippen LogP contribution in [0.15, 0.2) is 59.7 Å². The molecule has 2 amide bonds. The molecule has 0 bridgehead atoms. The summed E-state index contributed by atoms with van der Waals surface area (Å²) in [5.74, 6) is -0.523. The molecule has 8 nitrogen and oxygen atoms in total. The smallest absolute Gasteiger partial charge is 0.253 e. The summed E-state index contributed by atoms with van der Waals surface area (Å²) in [6.45, 7) is 7.22. The number of hydrogen-bond donors (Lipinski definition) is 2. The topological polar surface area (TPSA) is 118 Å². The van der Waals surface area contributed by atoms with Gasteiger partial charge in [-0.15, -0.1) is 0 Å². The van der Waals surface area contributed by atoms with Gasteiger partial charge in [0.25, 0.3) is 11.8 Å². The number of hydrogen-bond acceptors (Lipinski definition) is 4. The summed E-state index contributed by atoms with van der Waals surface area (Å²) in [6.07, 6.45) is 2.62. The average Bonchev–Trinajstić information content (AvgIpc) is 2.88. The summed E-state index contributed by atoms with van der Waals surface area (Å²) in [5.41, 5.74) is 11.0. The van der Waals surface area contributed by atoms with Crippen molar-refractivity contribution in [2.45, 2.75) is 58.5 Å². The predicted molar refractivity (Wildman–Crippen MR) is 138 cm³/mol. The Hall–Kier alpha value is -3.35. The first kappa shape index (κ1) is 27.9. The molecular formula is C27H37N5O3. The number of carbonyl (C=O) groups is 2. The fourth-order valence-electron chi connectivity index (χ4n) is 4.08. The Morgan fingerprint density at radius 1 is 1.06 bits per heavy atom. The zero-order valence-electron chi connectivity index (χ0n) is 20.9. The molecule has 0 unspecified atom stereocenters. The van der Waals surface area contributed by atoms with Gasteiger partial charge in [0, 0.05) is 41.8 Å². The summed E-state index contributed by atoms with van der Waals surface area (Å²) < 4.78 is 0. The van der Waals surface area contributed by atoms with Gasteiger partial charge in [-0.25, -0.2) is 0 Å². The maximum absolute atomic E-state index is 13.3. The molecule has 188 valence electrons. The highest BCUT2D eigenvalue weighted by atomic mass is 16.3. The SMILES string of the molecule is CCCN(CCC)C(=O)c1cccc(C(=O)N[C@@H](Cc2ccccc2)[C@H](C[C@@H](C)CO)N=[N+]=[N-])c1. The Labute approximate surface area is 208 Å². The van der Waals surface area contributed by atoms with E-state index in [4.69, 9.17) is 5.53 Å². The second kappa shape index (κ2) is 14.8. The van der Waals surface area contributed by atoms with Crippen molar-refractivity contribution in [3.8, 4) is 0 Å². The first-order valence-corrected chi connectivity index (χ1v) is 12.3. The zero-order valence-corrected chi connectivity index (χ0v) is 20.9. The van der Waals surface area contributed by atoms with E-state index >= 15 is 0 Å². The minimum Gasteiger partial charge on any atom is -0.396 e. The van der Waals surface area contributed by atoms with Crippen LogP contribution in [0, 0.1) is 5.92 Å². The highest BCUT2D eigenvalue weighted by Crippen LogP contribution is 2.18. The number of nitrogens with zero attached hydrogens (tertiary/aromatic N) is 4. The Morgan fingerprint density at radius 2 is 1.71 bits per heavy atom. The van der Waals surface area contributed by atoms with Crippen molar-refractivity contribution in [2.24, 2.45) is 11.0 Å². The van der Waals surface area contributed by atoms with Crippen molar-refractivity contribution in [1.29, 1.82) is 0 Å². The van der Waals surface area contributed by atoms with Crippen LogP contribution < -0.4 is 5.32 Å². The summed E-state index contributed by atoms with van der Waals surface area (Å²) in [5, 5.41) is 16.5. The highest BCUT2D eigenvalue weighted by molar-refractivity contribution is 5.99. The monoisotopic (exact) mass is 479 g/mol. The average molecular weight is 480 g/mol. The lowest BCUT2D eigenvalue weighted by Crippen LogP contribution is -2.45. The third-order valence-electron chi connectivity index (χ3n) is 5.88. The van der Waals surface area contributed by atoms with E-state index in [1.165, 1.54) is 0 Å². The fraction of sp³-hybridized carbons (Fsp3) is 0.481. The molecule has 35 heavy (non-hydrogen) atoms. The lowest BCUT2D eigenvalue weighted by molar-refractivity contribution is 0.0755. The van der Waals surface area contributed by atoms with Crippen LogP contribution in [-0.4, -0.2) is 53.6 Å². The van der Waals surface area contributed by atoms with E-state index in [0.717, 1.165) is 18.4 Å². The summed E-state index contributed by atoms with van der Waals surface area (Å²) in [7, 11) is 0. The van der Waals surface area contributed by atoms with E-state index in [-0.39, 0.29) is 24.3 Å². The molecule has 2 N–H and O–H groups in total. The van der Waals surface area contributed by atoms with Crippen LogP contribution in [0.1, 0.15) is 66.3 Å². The third-order valence-corrected chi connectivity index (χ3v) is 5.88. The van der Waals surface area contributed by atoms with Gasteiger partial charge >= 0.3 is 0 Å². The number of aliphatic hydroxyl groups excluding tert-OH is 1. The number of rotatable bonds is 14. The second-order valence-electron chi connectivity index (χ2n) is 8.94. The van der Waals surface area contributed by atoms with Gasteiger partial charge < -0.3 is 15.3 Å². The van der Waals surface area contributed by atoms with Crippen LogP contribution >= 0.6 is 0 Å². The minimum atomic E-state index is -0.541. The van der Waals surface area contributed by atoms with Crippen molar-refractivity contribution in [1.82, 2.24) is 10.2 Å². The normalized spacial score (nSPS) is 13.3. The lowest BCUT2D eigenvalue weighted by Gasteiger charge is -2.27. The van der Waals surface area contributed by atoms with Gasteiger partial charge in [0.05, 0.1) is 6.04 Å². The Balaban J connectivity index is 2.30. The summed E-state index contributed by atoms with van der Waals surface area (Å²) in [4.78, 5) is 31.1. The Morgan fingerprint density at radius 3 is 2.31 bits per heavy atom. The molecule has 2 rings (SSSR count). The van der Waals surface area contributed by atoms with Crippen LogP contribution in [-0.2, 0) is 6.42 Å². The van der Waals surface area contributed by atoms with Gasteiger partial charge in [-0.1, -0.05) is 62.3 Å². The Kier molecular flexibility index (Phi) is 11.8. The van der Waals surface area contributed by atoms with Gasteiger partial charge in [-0.3, -0.25) is 9.59 Å². The number of azide groups is 1. The van der Waals surface area contributed by atoms with Crippen LogP contribution in [0.2, 0.25) is 0 Å². The number of carbonyl (C=O) groups excluding carboxylic acids is 2. The minimum absolute atomic E-state index is 0.0420. The van der Waals surface area contributed by atoms with Crippen molar-refractivity contribution in [2.75, 3.05) is 19.7 Å². The van der Waals surface area contributed by atoms with Gasteiger partial charge in [0.15, 0.2) is 0 Å². The van der Waals surface area contributed by atoms with E-state index < -0.39 is 12.1 Å². The van der Waals surface area contributed by atoms with Gasteiger partial charge in [-0.2, -0.15) is 0 Å². The zero-order chi connectivity index (χ0) is 25.6. The van der Waals surface area contributed by atoms with Crippen molar-refractivity contribution in [3.05, 3.63) is 81.7 Å². The fourth-order valence-corrected chi connectivity index (χ4v) is 4.08. The van der Waals surface area contributed by atoms with Crippen LogP contribution in [0.25, 0.3) is 10.4 Å². The van der Waals surface area contributed by atoms with Gasteiger partial charge in [0.2, 0.25) is 0 Å². The second-order valence-corrected chi connectivity index (χ2v) is 8.94. The molecule has 0 fully saturated rings. The molecule has 0 saturated heterocycles. The van der Waals surface area contributed by atoms with Crippen molar-refractivity contribution in [3.63, 3.8) is 0 Å². The molecule has 8 heteroatoms. The number of amides is 2. The van der Waals surface area contributed by atoms with Crippen molar-refractivity contribution < 1.29 is 14.7 Å². The predicted octanol–water partition coefficient (Wildman–Crippen LogP) is 4.99. The number of nitrogens with one attached hydrogen (secondary N) is 1. The van der Waals surface area contributed by atoms with E-state index in [9.17, 15) is 14.7 Å². The number of benzene rings is 2. The molecular weight excluding hydrogens is 442 g/mol.